The molecule has 2 nitrogen and oxygen atoms in total. The minimum atomic E-state index is -1.46. The summed E-state index contributed by atoms with van der Waals surface area (Å²) in [7, 11) is 0. The third-order valence-corrected chi connectivity index (χ3v) is 2.87. The van der Waals surface area contributed by atoms with E-state index in [9.17, 15) is 13.2 Å². The fourth-order valence-electron chi connectivity index (χ4n) is 1.78. The Balaban J connectivity index is 2.01. The lowest BCUT2D eigenvalue weighted by Crippen LogP contribution is -1.92. The van der Waals surface area contributed by atoms with E-state index in [-0.39, 0.29) is 5.56 Å². The first kappa shape index (κ1) is 10.4. The van der Waals surface area contributed by atoms with Crippen LogP contribution in [0.5, 0.6) is 0 Å². The van der Waals surface area contributed by atoms with Crippen LogP contribution in [0.25, 0.3) is 11.4 Å². The molecule has 0 bridgehead atoms. The summed E-state index contributed by atoms with van der Waals surface area (Å²) >= 11 is 0. The predicted octanol–water partition coefficient (Wildman–Crippen LogP) is 3.37. The van der Waals surface area contributed by atoms with Gasteiger partial charge in [0.05, 0.1) is 0 Å². The molecule has 1 N–H and O–H groups in total. The van der Waals surface area contributed by atoms with Gasteiger partial charge >= 0.3 is 0 Å². The molecule has 3 rings (SSSR count). The Bertz CT molecular complexity index is 550. The number of imidazole rings is 1. The van der Waals surface area contributed by atoms with Crippen LogP contribution in [0.2, 0.25) is 0 Å². The second kappa shape index (κ2) is 3.61. The molecule has 0 aliphatic heterocycles. The number of aromatic amines is 1. The Hall–Kier alpha value is -1.78. The molecule has 5 heteroatoms. The van der Waals surface area contributed by atoms with Gasteiger partial charge in [-0.15, -0.1) is 0 Å². The zero-order valence-corrected chi connectivity index (χ0v) is 8.80. The Morgan fingerprint density at radius 2 is 1.76 bits per heavy atom. The largest absolute Gasteiger partial charge is 0.342 e. The van der Waals surface area contributed by atoms with Crippen LogP contribution < -0.4 is 0 Å². The molecule has 0 radical (unpaired) electrons. The van der Waals surface area contributed by atoms with Crippen molar-refractivity contribution in [2.75, 3.05) is 0 Å². The average molecular weight is 238 g/mol. The molecule has 1 aromatic heterocycles. The highest BCUT2D eigenvalue weighted by Crippen LogP contribution is 2.39. The molecule has 1 aliphatic carbocycles. The zero-order valence-electron chi connectivity index (χ0n) is 8.80. The van der Waals surface area contributed by atoms with E-state index in [1.807, 2.05) is 0 Å². The molecule has 0 spiro atoms. The third kappa shape index (κ3) is 1.81. The number of benzene rings is 1. The number of nitrogens with zero attached hydrogens (tertiary/aromatic N) is 1. The lowest BCUT2D eigenvalue weighted by atomic mass is 10.2. The molecule has 0 atom stereocenters. The van der Waals surface area contributed by atoms with Gasteiger partial charge in [0.15, 0.2) is 17.5 Å². The predicted molar refractivity (Wildman–Crippen MR) is 55.9 cm³/mol. The maximum atomic E-state index is 13.0. The molecule has 0 saturated heterocycles. The molecule has 2 aromatic rings. The summed E-state index contributed by atoms with van der Waals surface area (Å²) in [6, 6.07) is 1.88. The highest BCUT2D eigenvalue weighted by atomic mass is 19.2. The summed E-state index contributed by atoms with van der Waals surface area (Å²) in [5.74, 6) is -3.02. The molecule has 0 amide bonds. The Labute approximate surface area is 95.5 Å². The lowest BCUT2D eigenvalue weighted by molar-refractivity contribution is 0.447. The van der Waals surface area contributed by atoms with E-state index in [0.29, 0.717) is 11.7 Å². The summed E-state index contributed by atoms with van der Waals surface area (Å²) in [5.41, 5.74) is 1.18. The van der Waals surface area contributed by atoms with Crippen molar-refractivity contribution in [2.24, 2.45) is 0 Å². The number of H-pyrrole nitrogens is 1. The van der Waals surface area contributed by atoms with Crippen molar-refractivity contribution >= 4 is 0 Å². The molecular formula is C12H9F3N2. The van der Waals surface area contributed by atoms with E-state index in [4.69, 9.17) is 0 Å². The van der Waals surface area contributed by atoms with E-state index < -0.39 is 17.5 Å². The van der Waals surface area contributed by atoms with Crippen LogP contribution in [0.3, 0.4) is 0 Å². The Kier molecular flexibility index (Phi) is 2.21. The van der Waals surface area contributed by atoms with Crippen LogP contribution >= 0.6 is 0 Å². The highest BCUT2D eigenvalue weighted by Gasteiger charge is 2.25. The molecule has 1 aliphatic rings. The van der Waals surface area contributed by atoms with E-state index in [1.54, 1.807) is 6.20 Å². The molecule has 0 unspecified atom stereocenters. The second-order valence-corrected chi connectivity index (χ2v) is 4.22. The van der Waals surface area contributed by atoms with Gasteiger partial charge in [-0.1, -0.05) is 0 Å². The van der Waals surface area contributed by atoms with Crippen LogP contribution in [-0.2, 0) is 0 Å². The molecule has 1 fully saturated rings. The van der Waals surface area contributed by atoms with E-state index in [0.717, 1.165) is 30.7 Å². The van der Waals surface area contributed by atoms with Crippen molar-refractivity contribution in [3.63, 3.8) is 0 Å². The maximum absolute atomic E-state index is 13.0. The van der Waals surface area contributed by atoms with E-state index in [2.05, 4.69) is 9.97 Å². The summed E-state index contributed by atoms with van der Waals surface area (Å²) < 4.78 is 38.9. The Morgan fingerprint density at radius 1 is 1.12 bits per heavy atom. The number of nitrogens with one attached hydrogen (secondary N) is 1. The number of hydrogen-bond acceptors (Lipinski definition) is 1. The number of hydrogen-bond donors (Lipinski definition) is 1. The van der Waals surface area contributed by atoms with Crippen molar-refractivity contribution in [3.8, 4) is 11.4 Å². The summed E-state index contributed by atoms with van der Waals surface area (Å²) in [5, 5.41) is 0. The SMILES string of the molecule is Fc1cc(-c2ncc(C3CC3)[nH]2)cc(F)c1F. The second-order valence-electron chi connectivity index (χ2n) is 4.22. The molecule has 1 heterocycles. The number of halogens is 3. The fourth-order valence-corrected chi connectivity index (χ4v) is 1.78. The van der Waals surface area contributed by atoms with Gasteiger partial charge in [0, 0.05) is 23.4 Å². The Morgan fingerprint density at radius 3 is 2.35 bits per heavy atom. The zero-order chi connectivity index (χ0) is 12.0. The molecule has 1 aromatic carbocycles. The summed E-state index contributed by atoms with van der Waals surface area (Å²) in [4.78, 5) is 7.05. The number of rotatable bonds is 2. The number of aromatic nitrogens is 2. The van der Waals surface area contributed by atoms with Crippen molar-refractivity contribution in [1.82, 2.24) is 9.97 Å². The van der Waals surface area contributed by atoms with Gasteiger partial charge in [-0.05, 0) is 25.0 Å². The highest BCUT2D eigenvalue weighted by molar-refractivity contribution is 5.55. The first-order valence-electron chi connectivity index (χ1n) is 5.35. The topological polar surface area (TPSA) is 28.7 Å². The van der Waals surface area contributed by atoms with Crippen LogP contribution in [0.4, 0.5) is 13.2 Å². The summed E-state index contributed by atoms with van der Waals surface area (Å²) in [6.45, 7) is 0. The van der Waals surface area contributed by atoms with Gasteiger partial charge in [0.25, 0.3) is 0 Å². The van der Waals surface area contributed by atoms with Crippen molar-refractivity contribution in [3.05, 3.63) is 41.5 Å². The van der Waals surface area contributed by atoms with Crippen molar-refractivity contribution in [2.45, 2.75) is 18.8 Å². The van der Waals surface area contributed by atoms with Crippen LogP contribution in [0.1, 0.15) is 24.5 Å². The van der Waals surface area contributed by atoms with Crippen LogP contribution in [0.15, 0.2) is 18.3 Å². The summed E-state index contributed by atoms with van der Waals surface area (Å²) in [6.07, 6.45) is 3.87. The van der Waals surface area contributed by atoms with E-state index >= 15 is 0 Å². The van der Waals surface area contributed by atoms with Gasteiger partial charge in [0.2, 0.25) is 0 Å². The lowest BCUT2D eigenvalue weighted by Gasteiger charge is -2.00. The monoisotopic (exact) mass is 238 g/mol. The first-order chi connectivity index (χ1) is 8.15. The first-order valence-corrected chi connectivity index (χ1v) is 5.35. The molecule has 1 saturated carbocycles. The normalized spacial score (nSPS) is 15.2. The van der Waals surface area contributed by atoms with Gasteiger partial charge < -0.3 is 4.98 Å². The fraction of sp³-hybridized carbons (Fsp3) is 0.250. The van der Waals surface area contributed by atoms with E-state index in [1.165, 1.54) is 0 Å². The van der Waals surface area contributed by atoms with Gasteiger partial charge in [-0.25, -0.2) is 18.2 Å². The van der Waals surface area contributed by atoms with Crippen molar-refractivity contribution < 1.29 is 13.2 Å². The minimum absolute atomic E-state index is 0.216. The quantitative estimate of drug-likeness (QED) is 0.798. The maximum Gasteiger partial charge on any atom is 0.194 e. The van der Waals surface area contributed by atoms with Crippen LogP contribution in [-0.4, -0.2) is 9.97 Å². The van der Waals surface area contributed by atoms with Gasteiger partial charge in [-0.2, -0.15) is 0 Å². The minimum Gasteiger partial charge on any atom is -0.342 e. The smallest absolute Gasteiger partial charge is 0.194 e. The molecule has 17 heavy (non-hydrogen) atoms. The van der Waals surface area contributed by atoms with Gasteiger partial charge in [0.1, 0.15) is 5.82 Å². The van der Waals surface area contributed by atoms with Crippen LogP contribution in [0, 0.1) is 17.5 Å². The molecule has 88 valence electrons. The standard InChI is InChI=1S/C12H9F3N2/c13-8-3-7(4-9(14)11(8)15)12-16-5-10(17-12)6-1-2-6/h3-6H,1-2H2,(H,16,17). The van der Waals surface area contributed by atoms with Gasteiger partial charge in [-0.3, -0.25) is 0 Å². The third-order valence-electron chi connectivity index (χ3n) is 2.87. The average Bonchev–Trinajstić information content (AvgIpc) is 3.04. The van der Waals surface area contributed by atoms with Crippen molar-refractivity contribution in [1.29, 1.82) is 0 Å². The molecular weight excluding hydrogens is 229 g/mol.